The van der Waals surface area contributed by atoms with Crippen molar-refractivity contribution in [2.45, 2.75) is 0 Å². The zero-order valence-corrected chi connectivity index (χ0v) is 4.49. The number of thioether (sulfide) groups is 1. The molecule has 0 aromatic rings. The highest BCUT2D eigenvalue weighted by Gasteiger charge is 2.06. The fourth-order valence-corrected chi connectivity index (χ4v) is 0.941. The lowest BCUT2D eigenvalue weighted by atomic mass is 10.8. The minimum atomic E-state index is 0. The number of carbonyl (C=O) groups excluding carboxylic acids is 1. The van der Waals surface area contributed by atoms with Gasteiger partial charge in [0.2, 0.25) is 0 Å². The van der Waals surface area contributed by atoms with Crippen LogP contribution in [0.3, 0.4) is 0 Å². The van der Waals surface area contributed by atoms with Gasteiger partial charge in [-0.25, -0.2) is 0 Å². The highest BCUT2D eigenvalue weighted by molar-refractivity contribution is 8.13. The minimum absolute atomic E-state index is 0. The summed E-state index contributed by atoms with van der Waals surface area (Å²) in [5.74, 6) is 0.943. The van der Waals surface area contributed by atoms with E-state index in [0.29, 0.717) is 0 Å². The zero-order valence-electron chi connectivity index (χ0n) is 3.68. The van der Waals surface area contributed by atoms with Crippen LogP contribution in [0, 0.1) is 0 Å². The Morgan fingerprint density at radius 1 is 1.71 bits per heavy atom. The molecule has 4 heteroatoms. The van der Waals surface area contributed by atoms with E-state index in [1.165, 1.54) is 11.8 Å². The van der Waals surface area contributed by atoms with Crippen LogP contribution in [0.1, 0.15) is 0 Å². The van der Waals surface area contributed by atoms with Gasteiger partial charge in [-0.3, -0.25) is 4.79 Å². The van der Waals surface area contributed by atoms with Crippen molar-refractivity contribution in [1.82, 2.24) is 11.5 Å². The summed E-state index contributed by atoms with van der Waals surface area (Å²) < 4.78 is 0. The minimum Gasteiger partial charge on any atom is -0.346 e. The van der Waals surface area contributed by atoms with Crippen LogP contribution < -0.4 is 11.5 Å². The van der Waals surface area contributed by atoms with Gasteiger partial charge in [0.25, 0.3) is 5.24 Å². The van der Waals surface area contributed by atoms with E-state index in [0.717, 1.165) is 12.3 Å². The summed E-state index contributed by atoms with van der Waals surface area (Å²) in [5.41, 5.74) is 0. The summed E-state index contributed by atoms with van der Waals surface area (Å²) in [5, 5.41) is 2.76. The average Bonchev–Trinajstić information content (AvgIpc) is 1.86. The fraction of sp³-hybridized carbons (Fsp3) is 0.667. The van der Waals surface area contributed by atoms with Crippen molar-refractivity contribution in [3.8, 4) is 0 Å². The van der Waals surface area contributed by atoms with Crippen LogP contribution in [0.25, 0.3) is 0 Å². The van der Waals surface area contributed by atoms with Crippen molar-refractivity contribution >= 4 is 17.0 Å². The van der Waals surface area contributed by atoms with Crippen LogP contribution in [0.4, 0.5) is 4.79 Å². The second-order valence-corrected chi connectivity index (χ2v) is 2.13. The number of hydrogen-bond donors (Lipinski definition) is 1. The quantitative estimate of drug-likeness (QED) is 0.484. The van der Waals surface area contributed by atoms with E-state index in [1.54, 1.807) is 0 Å². The molecule has 0 unspecified atom stereocenters. The van der Waals surface area contributed by atoms with E-state index in [9.17, 15) is 4.79 Å². The van der Waals surface area contributed by atoms with E-state index in [1.807, 2.05) is 0 Å². The van der Waals surface area contributed by atoms with Crippen molar-refractivity contribution in [2.24, 2.45) is 0 Å². The molecule has 3 radical (unpaired) electrons. The first-order chi connectivity index (χ1) is 2.89. The summed E-state index contributed by atoms with van der Waals surface area (Å²) >= 11 is 1.35. The molecule has 0 atom stereocenters. The van der Waals surface area contributed by atoms with Crippen molar-refractivity contribution in [2.75, 3.05) is 12.3 Å². The third-order valence-corrected chi connectivity index (χ3v) is 1.42. The zero-order chi connectivity index (χ0) is 4.41. The maximum atomic E-state index is 10.1. The smallest absolute Gasteiger partial charge is 0.279 e. The molecular formula is C3H5N2OS. The van der Waals surface area contributed by atoms with Gasteiger partial charge >= 0.3 is 0 Å². The first-order valence-electron chi connectivity index (χ1n) is 1.80. The largest absolute Gasteiger partial charge is 0.346 e. The maximum absolute atomic E-state index is 10.1. The molecule has 1 fully saturated rings. The summed E-state index contributed by atoms with van der Waals surface area (Å²) in [7, 11) is 0. The fourth-order valence-electron chi connectivity index (χ4n) is 0.348. The van der Waals surface area contributed by atoms with Crippen LogP contribution in [-0.4, -0.2) is 17.5 Å². The highest BCUT2D eigenvalue weighted by Crippen LogP contribution is 2.04. The molecule has 1 saturated heterocycles. The molecule has 1 amide bonds. The van der Waals surface area contributed by atoms with E-state index in [2.05, 4.69) is 5.32 Å². The van der Waals surface area contributed by atoms with E-state index in [4.69, 9.17) is 0 Å². The molecule has 1 rings (SSSR count). The summed E-state index contributed by atoms with van der Waals surface area (Å²) in [4.78, 5) is 10.1. The lowest BCUT2D eigenvalue weighted by Gasteiger charge is -1.78. The Hall–Kier alpha value is -0.220. The molecule has 0 aromatic carbocycles. The SMILES string of the molecule is O=C1NCCS1.[N]. The van der Waals surface area contributed by atoms with Gasteiger partial charge in [0.05, 0.1) is 0 Å². The van der Waals surface area contributed by atoms with Crippen LogP contribution in [-0.2, 0) is 0 Å². The molecule has 39 valence electrons. The monoisotopic (exact) mass is 117 g/mol. The first kappa shape index (κ1) is 6.78. The molecule has 0 saturated carbocycles. The normalized spacial score (nSPS) is 18.0. The van der Waals surface area contributed by atoms with Crippen molar-refractivity contribution in [3.63, 3.8) is 0 Å². The predicted octanol–water partition coefficient (Wildman–Crippen LogP) is -0.0378. The maximum Gasteiger partial charge on any atom is 0.279 e. The van der Waals surface area contributed by atoms with Gasteiger partial charge in [-0.1, -0.05) is 11.8 Å². The van der Waals surface area contributed by atoms with Gasteiger partial charge in [0, 0.05) is 18.4 Å². The number of amides is 1. The molecule has 3 nitrogen and oxygen atoms in total. The highest BCUT2D eigenvalue weighted by atomic mass is 32.2. The van der Waals surface area contributed by atoms with Crippen molar-refractivity contribution in [3.05, 3.63) is 0 Å². The number of carbonyl (C=O) groups is 1. The van der Waals surface area contributed by atoms with Crippen LogP contribution in [0.5, 0.6) is 0 Å². The van der Waals surface area contributed by atoms with Crippen LogP contribution in [0.15, 0.2) is 0 Å². The Labute approximate surface area is 46.4 Å². The van der Waals surface area contributed by atoms with E-state index < -0.39 is 0 Å². The summed E-state index contributed by atoms with van der Waals surface area (Å²) in [6.07, 6.45) is 0. The van der Waals surface area contributed by atoms with Crippen molar-refractivity contribution < 1.29 is 4.79 Å². The van der Waals surface area contributed by atoms with Crippen LogP contribution in [0.2, 0.25) is 0 Å². The van der Waals surface area contributed by atoms with E-state index >= 15 is 0 Å². The molecule has 1 N–H and O–H groups in total. The molecule has 0 aliphatic carbocycles. The molecule has 0 aromatic heterocycles. The average molecular weight is 117 g/mol. The van der Waals surface area contributed by atoms with Crippen LogP contribution >= 0.6 is 11.8 Å². The van der Waals surface area contributed by atoms with Gasteiger partial charge in [0.1, 0.15) is 0 Å². The summed E-state index contributed by atoms with van der Waals surface area (Å²) in [6.45, 7) is 0.851. The number of rotatable bonds is 0. The number of hydrogen-bond acceptors (Lipinski definition) is 2. The van der Waals surface area contributed by atoms with Gasteiger partial charge in [0.15, 0.2) is 0 Å². The van der Waals surface area contributed by atoms with Gasteiger partial charge in [-0.2, -0.15) is 0 Å². The molecule has 0 spiro atoms. The third kappa shape index (κ3) is 1.80. The standard InChI is InChI=1S/C3H5NOS.N/c5-3-4-1-2-6-3;/h1-2H2,(H,4,5);. The topological polar surface area (TPSA) is 59.6 Å². The molecule has 7 heavy (non-hydrogen) atoms. The number of nitrogens with one attached hydrogen (secondary N) is 1. The lowest BCUT2D eigenvalue weighted by Crippen LogP contribution is -2.10. The molecule has 1 aliphatic rings. The lowest BCUT2D eigenvalue weighted by molar-refractivity contribution is 0.262. The Bertz CT molecular complexity index is 67.3. The van der Waals surface area contributed by atoms with E-state index in [-0.39, 0.29) is 11.4 Å². The molecular weight excluding hydrogens is 112 g/mol. The Kier molecular flexibility index (Phi) is 2.78. The van der Waals surface area contributed by atoms with Crippen molar-refractivity contribution in [1.29, 1.82) is 0 Å². The Balaban J connectivity index is 0.000000360. The first-order valence-corrected chi connectivity index (χ1v) is 2.79. The molecule has 0 bridgehead atoms. The summed E-state index contributed by atoms with van der Waals surface area (Å²) in [6, 6.07) is 0. The molecule has 1 aliphatic heterocycles. The predicted molar refractivity (Wildman–Crippen MR) is 28.0 cm³/mol. The number of nitrogens with zero attached hydrogens (tertiary/aromatic N) is 1. The second-order valence-electron chi connectivity index (χ2n) is 1.06. The Morgan fingerprint density at radius 2 is 2.43 bits per heavy atom. The second kappa shape index (κ2) is 2.87. The third-order valence-electron chi connectivity index (χ3n) is 0.605. The molecule has 1 heterocycles. The van der Waals surface area contributed by atoms with Gasteiger partial charge in [-0.15, -0.1) is 0 Å². The van der Waals surface area contributed by atoms with Gasteiger partial charge < -0.3 is 5.32 Å². The Morgan fingerprint density at radius 3 is 2.57 bits per heavy atom. The van der Waals surface area contributed by atoms with Gasteiger partial charge in [-0.05, 0) is 0 Å².